The van der Waals surface area contributed by atoms with Crippen molar-refractivity contribution in [3.63, 3.8) is 0 Å². The highest BCUT2D eigenvalue weighted by Gasteiger charge is 2.27. The molecule has 0 spiro atoms. The van der Waals surface area contributed by atoms with Gasteiger partial charge in [-0.15, -0.1) is 0 Å². The number of hydrogen-bond acceptors (Lipinski definition) is 4. The number of nitrogens with zero attached hydrogens (tertiary/aromatic N) is 2. The third-order valence-corrected chi connectivity index (χ3v) is 3.39. The Balaban J connectivity index is 1.60. The van der Waals surface area contributed by atoms with E-state index in [9.17, 15) is 5.11 Å². The maximum Gasteiger partial charge on any atom is 0.316 e. The number of aromatic nitrogens is 2. The molecule has 1 N–H and O–H groups in total. The van der Waals surface area contributed by atoms with Gasteiger partial charge in [0.1, 0.15) is 0 Å². The first-order chi connectivity index (χ1) is 9.31. The molecule has 2 aromatic rings. The zero-order chi connectivity index (χ0) is 13.1. The van der Waals surface area contributed by atoms with E-state index in [4.69, 9.17) is 4.74 Å². The Kier molecular flexibility index (Phi) is 3.42. The minimum atomic E-state index is -0.144. The fourth-order valence-corrected chi connectivity index (χ4v) is 2.20. The van der Waals surface area contributed by atoms with Crippen molar-refractivity contribution in [2.45, 2.75) is 18.9 Å². The lowest BCUT2D eigenvalue weighted by molar-refractivity contribution is 0.0185. The molecule has 0 saturated heterocycles. The van der Waals surface area contributed by atoms with Crippen molar-refractivity contribution in [2.24, 2.45) is 5.92 Å². The van der Waals surface area contributed by atoms with Crippen LogP contribution in [0, 0.1) is 5.92 Å². The SMILES string of the molecule is O[C@H]1C[C@H](COc2ncc(-c3ccccc3)cn2)C1. The minimum absolute atomic E-state index is 0.144. The summed E-state index contributed by atoms with van der Waals surface area (Å²) in [5, 5.41) is 9.19. The summed E-state index contributed by atoms with van der Waals surface area (Å²) in [6.45, 7) is 0.585. The van der Waals surface area contributed by atoms with Gasteiger partial charge in [0.05, 0.1) is 12.7 Å². The Morgan fingerprint density at radius 3 is 2.37 bits per heavy atom. The van der Waals surface area contributed by atoms with Crippen LogP contribution >= 0.6 is 0 Å². The maximum absolute atomic E-state index is 9.19. The number of aliphatic hydroxyl groups excluding tert-OH is 1. The quantitative estimate of drug-likeness (QED) is 0.912. The van der Waals surface area contributed by atoms with Crippen LogP contribution in [0.15, 0.2) is 42.7 Å². The average molecular weight is 256 g/mol. The van der Waals surface area contributed by atoms with Gasteiger partial charge in [-0.1, -0.05) is 30.3 Å². The summed E-state index contributed by atoms with van der Waals surface area (Å²) in [5.41, 5.74) is 2.07. The van der Waals surface area contributed by atoms with Crippen molar-refractivity contribution in [3.8, 4) is 17.1 Å². The average Bonchev–Trinajstić information content (AvgIpc) is 2.44. The summed E-state index contributed by atoms with van der Waals surface area (Å²) in [6, 6.07) is 10.4. The summed E-state index contributed by atoms with van der Waals surface area (Å²) >= 11 is 0. The Morgan fingerprint density at radius 1 is 1.05 bits per heavy atom. The second-order valence-corrected chi connectivity index (χ2v) is 4.92. The Labute approximate surface area is 112 Å². The Hall–Kier alpha value is -1.94. The van der Waals surface area contributed by atoms with Crippen molar-refractivity contribution < 1.29 is 9.84 Å². The van der Waals surface area contributed by atoms with Gasteiger partial charge >= 0.3 is 6.01 Å². The van der Waals surface area contributed by atoms with E-state index in [0.717, 1.165) is 24.0 Å². The second-order valence-electron chi connectivity index (χ2n) is 4.92. The van der Waals surface area contributed by atoms with Crippen LogP contribution in [0.2, 0.25) is 0 Å². The monoisotopic (exact) mass is 256 g/mol. The van der Waals surface area contributed by atoms with E-state index >= 15 is 0 Å². The van der Waals surface area contributed by atoms with E-state index in [-0.39, 0.29) is 6.10 Å². The van der Waals surface area contributed by atoms with Crippen molar-refractivity contribution in [3.05, 3.63) is 42.7 Å². The molecule has 1 heterocycles. The van der Waals surface area contributed by atoms with E-state index in [0.29, 0.717) is 18.5 Å². The molecular formula is C15H16N2O2. The number of hydrogen-bond donors (Lipinski definition) is 1. The van der Waals surface area contributed by atoms with Crippen molar-refractivity contribution in [2.75, 3.05) is 6.61 Å². The van der Waals surface area contributed by atoms with E-state index in [1.807, 2.05) is 30.3 Å². The molecule has 4 heteroatoms. The first-order valence-electron chi connectivity index (χ1n) is 6.49. The van der Waals surface area contributed by atoms with E-state index in [1.54, 1.807) is 12.4 Å². The fraction of sp³-hybridized carbons (Fsp3) is 0.333. The van der Waals surface area contributed by atoms with Gasteiger partial charge in [0, 0.05) is 18.0 Å². The van der Waals surface area contributed by atoms with E-state index < -0.39 is 0 Å². The molecular weight excluding hydrogens is 240 g/mol. The van der Waals surface area contributed by atoms with Gasteiger partial charge in [-0.05, 0) is 24.3 Å². The molecule has 1 aromatic carbocycles. The molecule has 0 atom stereocenters. The summed E-state index contributed by atoms with van der Waals surface area (Å²) < 4.78 is 5.52. The maximum atomic E-state index is 9.19. The molecule has 0 amide bonds. The molecule has 1 aliphatic carbocycles. The number of rotatable bonds is 4. The lowest BCUT2D eigenvalue weighted by atomic mass is 9.83. The summed E-state index contributed by atoms with van der Waals surface area (Å²) in [4.78, 5) is 8.42. The molecule has 1 fully saturated rings. The van der Waals surface area contributed by atoms with Crippen molar-refractivity contribution in [1.82, 2.24) is 9.97 Å². The Morgan fingerprint density at radius 2 is 1.74 bits per heavy atom. The number of aliphatic hydroxyl groups is 1. The molecule has 1 aliphatic rings. The topological polar surface area (TPSA) is 55.2 Å². The molecule has 19 heavy (non-hydrogen) atoms. The largest absolute Gasteiger partial charge is 0.463 e. The molecule has 4 nitrogen and oxygen atoms in total. The first-order valence-corrected chi connectivity index (χ1v) is 6.49. The van der Waals surface area contributed by atoms with Crippen molar-refractivity contribution in [1.29, 1.82) is 0 Å². The van der Waals surface area contributed by atoms with Crippen LogP contribution in [-0.4, -0.2) is 27.8 Å². The second kappa shape index (κ2) is 5.36. The van der Waals surface area contributed by atoms with Gasteiger partial charge in [0.25, 0.3) is 0 Å². The molecule has 98 valence electrons. The van der Waals surface area contributed by atoms with Crippen LogP contribution in [0.25, 0.3) is 11.1 Å². The number of benzene rings is 1. The van der Waals surface area contributed by atoms with Crippen LogP contribution in [-0.2, 0) is 0 Å². The smallest absolute Gasteiger partial charge is 0.316 e. The van der Waals surface area contributed by atoms with Crippen molar-refractivity contribution >= 4 is 0 Å². The van der Waals surface area contributed by atoms with Crippen LogP contribution in [0.5, 0.6) is 6.01 Å². The molecule has 3 rings (SSSR count). The van der Waals surface area contributed by atoms with Gasteiger partial charge in [-0.3, -0.25) is 0 Å². The third kappa shape index (κ3) is 2.90. The van der Waals surface area contributed by atoms with Gasteiger partial charge < -0.3 is 9.84 Å². The lowest BCUT2D eigenvalue weighted by Crippen LogP contribution is -2.32. The summed E-state index contributed by atoms with van der Waals surface area (Å²) in [7, 11) is 0. The van der Waals surface area contributed by atoms with Crippen LogP contribution < -0.4 is 4.74 Å². The van der Waals surface area contributed by atoms with E-state index in [2.05, 4.69) is 9.97 Å². The highest BCUT2D eigenvalue weighted by molar-refractivity contribution is 5.61. The normalized spacial score (nSPS) is 21.7. The van der Waals surface area contributed by atoms with Gasteiger partial charge in [0.15, 0.2) is 0 Å². The summed E-state index contributed by atoms with van der Waals surface area (Å²) in [6.07, 6.45) is 5.04. The van der Waals surface area contributed by atoms with Crippen LogP contribution in [0.4, 0.5) is 0 Å². The van der Waals surface area contributed by atoms with Gasteiger partial charge in [-0.25, -0.2) is 9.97 Å². The highest BCUT2D eigenvalue weighted by atomic mass is 16.5. The predicted molar refractivity (Wildman–Crippen MR) is 71.7 cm³/mol. The van der Waals surface area contributed by atoms with Gasteiger partial charge in [0.2, 0.25) is 0 Å². The number of ether oxygens (including phenoxy) is 1. The van der Waals surface area contributed by atoms with Crippen LogP contribution in [0.1, 0.15) is 12.8 Å². The zero-order valence-electron chi connectivity index (χ0n) is 10.6. The third-order valence-electron chi connectivity index (χ3n) is 3.39. The molecule has 0 aliphatic heterocycles. The molecule has 1 saturated carbocycles. The van der Waals surface area contributed by atoms with E-state index in [1.165, 1.54) is 0 Å². The zero-order valence-corrected chi connectivity index (χ0v) is 10.6. The lowest BCUT2D eigenvalue weighted by Gasteiger charge is -2.30. The first kappa shape index (κ1) is 12.1. The van der Waals surface area contributed by atoms with Crippen LogP contribution in [0.3, 0.4) is 0 Å². The molecule has 1 aromatic heterocycles. The molecule has 0 bridgehead atoms. The minimum Gasteiger partial charge on any atom is -0.463 e. The highest BCUT2D eigenvalue weighted by Crippen LogP contribution is 2.27. The Bertz CT molecular complexity index is 522. The standard InChI is InChI=1S/C15H16N2O2/c18-14-6-11(7-14)10-19-15-16-8-13(9-17-15)12-4-2-1-3-5-12/h1-5,8-9,11,14,18H,6-7,10H2/t11-,14-. The predicted octanol–water partition coefficient (Wildman–Crippen LogP) is 2.29. The molecule has 0 radical (unpaired) electrons. The van der Waals surface area contributed by atoms with Gasteiger partial charge in [-0.2, -0.15) is 0 Å². The molecule has 0 unspecified atom stereocenters. The summed E-state index contributed by atoms with van der Waals surface area (Å²) in [5.74, 6) is 0.437. The fourth-order valence-electron chi connectivity index (χ4n) is 2.20.